The lowest BCUT2D eigenvalue weighted by Crippen LogP contribution is -2.20. The first-order chi connectivity index (χ1) is 6.33. The average Bonchev–Trinajstić information content (AvgIpc) is 2.00. The van der Waals surface area contributed by atoms with E-state index >= 15 is 0 Å². The summed E-state index contributed by atoms with van der Waals surface area (Å²) in [5.41, 5.74) is 0.535. The maximum Gasteiger partial charge on any atom is 0.0799 e. The van der Waals surface area contributed by atoms with E-state index in [1.807, 2.05) is 19.9 Å². The molecule has 82 valence electrons. The van der Waals surface area contributed by atoms with E-state index in [2.05, 4.69) is 26.5 Å². The molecule has 0 spiro atoms. The van der Waals surface area contributed by atoms with Crippen LogP contribution >= 0.6 is 0 Å². The van der Waals surface area contributed by atoms with Crippen molar-refractivity contribution in [1.82, 2.24) is 0 Å². The van der Waals surface area contributed by atoms with Crippen molar-refractivity contribution in [3.63, 3.8) is 0 Å². The van der Waals surface area contributed by atoms with Crippen LogP contribution in [-0.4, -0.2) is 10.7 Å². The molecule has 0 bridgehead atoms. The molecular formula is C13H24O. The van der Waals surface area contributed by atoms with Gasteiger partial charge in [0.05, 0.1) is 5.60 Å². The highest BCUT2D eigenvalue weighted by Crippen LogP contribution is 2.17. The fourth-order valence-electron chi connectivity index (χ4n) is 1.23. The Bertz CT molecular complexity index is 199. The zero-order chi connectivity index (χ0) is 11.2. The van der Waals surface area contributed by atoms with Crippen molar-refractivity contribution < 1.29 is 5.11 Å². The van der Waals surface area contributed by atoms with Gasteiger partial charge >= 0.3 is 0 Å². The van der Waals surface area contributed by atoms with Crippen LogP contribution in [0.25, 0.3) is 0 Å². The molecule has 0 aromatic carbocycles. The van der Waals surface area contributed by atoms with Crippen molar-refractivity contribution in [2.24, 2.45) is 5.92 Å². The SMILES string of the molecule is C=C(C)CCCC(C)(O)/C=C/C(C)C. The van der Waals surface area contributed by atoms with Crippen molar-refractivity contribution in [3.8, 4) is 0 Å². The third-order valence-electron chi connectivity index (χ3n) is 2.13. The van der Waals surface area contributed by atoms with Crippen LogP contribution in [0.5, 0.6) is 0 Å². The zero-order valence-corrected chi connectivity index (χ0v) is 10.0. The second-order valence-electron chi connectivity index (χ2n) is 4.77. The van der Waals surface area contributed by atoms with Gasteiger partial charge in [-0.15, -0.1) is 6.58 Å². The monoisotopic (exact) mass is 196 g/mol. The molecule has 1 heteroatoms. The molecule has 0 saturated heterocycles. The van der Waals surface area contributed by atoms with Gasteiger partial charge in [0.1, 0.15) is 0 Å². The van der Waals surface area contributed by atoms with Crippen LogP contribution in [0.15, 0.2) is 24.3 Å². The van der Waals surface area contributed by atoms with E-state index in [1.165, 1.54) is 5.57 Å². The molecule has 0 amide bonds. The van der Waals surface area contributed by atoms with Crippen LogP contribution < -0.4 is 0 Å². The van der Waals surface area contributed by atoms with Gasteiger partial charge in [0, 0.05) is 0 Å². The molecule has 0 aliphatic carbocycles. The van der Waals surface area contributed by atoms with Crippen molar-refractivity contribution in [2.45, 2.75) is 52.6 Å². The molecule has 1 nitrogen and oxygen atoms in total. The summed E-state index contributed by atoms with van der Waals surface area (Å²) >= 11 is 0. The van der Waals surface area contributed by atoms with Crippen LogP contribution in [0.2, 0.25) is 0 Å². The van der Waals surface area contributed by atoms with Gasteiger partial charge in [-0.2, -0.15) is 0 Å². The molecule has 0 fully saturated rings. The van der Waals surface area contributed by atoms with Gasteiger partial charge < -0.3 is 5.11 Å². The van der Waals surface area contributed by atoms with Crippen LogP contribution in [0.4, 0.5) is 0 Å². The average molecular weight is 196 g/mol. The molecule has 0 aromatic rings. The van der Waals surface area contributed by atoms with E-state index in [4.69, 9.17) is 0 Å². The predicted octanol–water partition coefficient (Wildman–Crippen LogP) is 3.70. The summed E-state index contributed by atoms with van der Waals surface area (Å²) in [6.07, 6.45) is 6.79. The number of aliphatic hydroxyl groups is 1. The zero-order valence-electron chi connectivity index (χ0n) is 10.0. The Morgan fingerprint density at radius 1 is 1.50 bits per heavy atom. The molecule has 0 aromatic heterocycles. The van der Waals surface area contributed by atoms with Crippen molar-refractivity contribution in [2.75, 3.05) is 0 Å². The third-order valence-corrected chi connectivity index (χ3v) is 2.13. The fraction of sp³-hybridized carbons (Fsp3) is 0.692. The van der Waals surface area contributed by atoms with E-state index < -0.39 is 5.60 Å². The Balaban J connectivity index is 3.88. The summed E-state index contributed by atoms with van der Waals surface area (Å²) in [6, 6.07) is 0. The van der Waals surface area contributed by atoms with Crippen LogP contribution in [-0.2, 0) is 0 Å². The highest BCUT2D eigenvalue weighted by molar-refractivity contribution is 5.00. The van der Waals surface area contributed by atoms with E-state index in [0.717, 1.165) is 19.3 Å². The lowest BCUT2D eigenvalue weighted by Gasteiger charge is -2.19. The molecule has 0 radical (unpaired) electrons. The fourth-order valence-corrected chi connectivity index (χ4v) is 1.23. The van der Waals surface area contributed by atoms with Gasteiger partial charge in [-0.1, -0.05) is 31.6 Å². The molecular weight excluding hydrogens is 172 g/mol. The standard InChI is InChI=1S/C13H24O/c1-11(2)7-6-9-13(5,14)10-8-12(3)4/h8,10,12,14H,1,6-7,9H2,2-5H3/b10-8+. The molecule has 0 aliphatic rings. The van der Waals surface area contributed by atoms with E-state index in [0.29, 0.717) is 5.92 Å². The van der Waals surface area contributed by atoms with Crippen molar-refractivity contribution >= 4 is 0 Å². The highest BCUT2D eigenvalue weighted by atomic mass is 16.3. The molecule has 0 heterocycles. The molecule has 0 rings (SSSR count). The van der Waals surface area contributed by atoms with Gasteiger partial charge in [0.25, 0.3) is 0 Å². The molecule has 14 heavy (non-hydrogen) atoms. The Morgan fingerprint density at radius 2 is 2.07 bits per heavy atom. The van der Waals surface area contributed by atoms with Gasteiger partial charge in [-0.25, -0.2) is 0 Å². The Kier molecular flexibility index (Phi) is 5.78. The Morgan fingerprint density at radius 3 is 2.50 bits per heavy atom. The summed E-state index contributed by atoms with van der Waals surface area (Å²) in [7, 11) is 0. The summed E-state index contributed by atoms with van der Waals surface area (Å²) < 4.78 is 0. The van der Waals surface area contributed by atoms with Gasteiger partial charge in [0.2, 0.25) is 0 Å². The van der Waals surface area contributed by atoms with Gasteiger partial charge in [0.15, 0.2) is 0 Å². The molecule has 1 atom stereocenters. The third kappa shape index (κ3) is 8.06. The lowest BCUT2D eigenvalue weighted by molar-refractivity contribution is 0.0989. The minimum atomic E-state index is -0.653. The second kappa shape index (κ2) is 6.02. The molecule has 0 saturated carbocycles. The summed E-state index contributed by atoms with van der Waals surface area (Å²) in [4.78, 5) is 0. The molecule has 0 aliphatic heterocycles. The first-order valence-electron chi connectivity index (χ1n) is 5.39. The minimum Gasteiger partial charge on any atom is -0.386 e. The summed E-state index contributed by atoms with van der Waals surface area (Å²) in [5.74, 6) is 0.502. The van der Waals surface area contributed by atoms with Gasteiger partial charge in [-0.3, -0.25) is 0 Å². The largest absolute Gasteiger partial charge is 0.386 e. The summed E-state index contributed by atoms with van der Waals surface area (Å²) in [6.45, 7) is 12.0. The first-order valence-corrected chi connectivity index (χ1v) is 5.39. The number of allylic oxidation sites excluding steroid dienone is 2. The lowest BCUT2D eigenvalue weighted by atomic mass is 9.96. The Hall–Kier alpha value is -0.560. The van der Waals surface area contributed by atoms with Crippen molar-refractivity contribution in [1.29, 1.82) is 0 Å². The number of rotatable bonds is 6. The maximum absolute atomic E-state index is 9.96. The van der Waals surface area contributed by atoms with E-state index in [1.54, 1.807) is 0 Å². The molecule has 1 N–H and O–H groups in total. The van der Waals surface area contributed by atoms with E-state index in [-0.39, 0.29) is 0 Å². The van der Waals surface area contributed by atoms with Crippen LogP contribution in [0, 0.1) is 5.92 Å². The highest BCUT2D eigenvalue weighted by Gasteiger charge is 2.15. The molecule has 1 unspecified atom stereocenters. The Labute approximate surface area is 88.5 Å². The first kappa shape index (κ1) is 13.4. The predicted molar refractivity (Wildman–Crippen MR) is 63.3 cm³/mol. The quantitative estimate of drug-likeness (QED) is 0.642. The van der Waals surface area contributed by atoms with Crippen molar-refractivity contribution in [3.05, 3.63) is 24.3 Å². The van der Waals surface area contributed by atoms with Gasteiger partial charge in [-0.05, 0) is 39.0 Å². The number of hydrogen-bond donors (Lipinski definition) is 1. The van der Waals surface area contributed by atoms with E-state index in [9.17, 15) is 5.11 Å². The van der Waals surface area contributed by atoms with Crippen LogP contribution in [0.1, 0.15) is 47.0 Å². The minimum absolute atomic E-state index is 0.502. The smallest absolute Gasteiger partial charge is 0.0799 e. The normalized spacial score (nSPS) is 16.1. The summed E-state index contributed by atoms with van der Waals surface area (Å²) in [5, 5.41) is 9.96. The maximum atomic E-state index is 9.96. The topological polar surface area (TPSA) is 20.2 Å². The number of hydrogen-bond acceptors (Lipinski definition) is 1. The van der Waals surface area contributed by atoms with Crippen LogP contribution in [0.3, 0.4) is 0 Å². The second-order valence-corrected chi connectivity index (χ2v) is 4.77.